The van der Waals surface area contributed by atoms with Gasteiger partial charge in [-0.1, -0.05) is 90.0 Å². The third kappa shape index (κ3) is 7.13. The van der Waals surface area contributed by atoms with Crippen LogP contribution in [0.2, 0.25) is 0 Å². The highest BCUT2D eigenvalue weighted by Gasteiger charge is 2.12. The van der Waals surface area contributed by atoms with E-state index in [2.05, 4.69) is 50.4 Å². The average Bonchev–Trinajstić information content (AvgIpc) is 2.53. The van der Waals surface area contributed by atoms with Gasteiger partial charge < -0.3 is 5.32 Å². The summed E-state index contributed by atoms with van der Waals surface area (Å²) in [6.07, 6.45) is 12.2. The maximum atomic E-state index is 3.68. The molecule has 0 heterocycles. The number of aryl methyl sites for hydroxylation is 1. The van der Waals surface area contributed by atoms with E-state index in [1.54, 1.807) is 0 Å². The lowest BCUT2D eigenvalue weighted by Gasteiger charge is -2.21. The second-order valence-corrected chi connectivity index (χ2v) is 6.07. The Morgan fingerprint density at radius 3 is 2.19 bits per heavy atom. The molecule has 1 heteroatoms. The molecule has 120 valence electrons. The Balaban J connectivity index is 2.39. The molecule has 0 fully saturated rings. The molecule has 1 aromatic rings. The molecule has 0 radical (unpaired) electrons. The van der Waals surface area contributed by atoms with Crippen LogP contribution >= 0.6 is 0 Å². The molecule has 0 aliphatic heterocycles. The minimum Gasteiger partial charge on any atom is -0.310 e. The standard InChI is InChI=1S/C20H35N/c1-4-7-8-9-10-11-12-17-20(21-6-3)19-16-14-13-15-18(19)5-2/h13-16,20-21H,4-12,17H2,1-3H3. The highest BCUT2D eigenvalue weighted by Crippen LogP contribution is 2.24. The molecule has 1 nitrogen and oxygen atoms in total. The zero-order valence-electron chi connectivity index (χ0n) is 14.5. The van der Waals surface area contributed by atoms with Crippen LogP contribution in [0.15, 0.2) is 24.3 Å². The molecular weight excluding hydrogens is 254 g/mol. The summed E-state index contributed by atoms with van der Waals surface area (Å²) < 4.78 is 0. The van der Waals surface area contributed by atoms with E-state index in [1.807, 2.05) is 0 Å². The van der Waals surface area contributed by atoms with Crippen molar-refractivity contribution in [2.45, 2.75) is 84.6 Å². The quantitative estimate of drug-likeness (QED) is 0.462. The van der Waals surface area contributed by atoms with E-state index < -0.39 is 0 Å². The molecule has 1 rings (SSSR count). The van der Waals surface area contributed by atoms with Gasteiger partial charge in [-0.15, -0.1) is 0 Å². The first-order valence-electron chi connectivity index (χ1n) is 9.14. The predicted octanol–water partition coefficient (Wildman–Crippen LogP) is 6.04. The number of benzene rings is 1. The fourth-order valence-corrected chi connectivity index (χ4v) is 3.12. The molecule has 0 bridgehead atoms. The fraction of sp³-hybridized carbons (Fsp3) is 0.700. The van der Waals surface area contributed by atoms with Crippen molar-refractivity contribution < 1.29 is 0 Å². The van der Waals surface area contributed by atoms with Crippen molar-refractivity contribution in [3.05, 3.63) is 35.4 Å². The van der Waals surface area contributed by atoms with Crippen LogP contribution in [-0.4, -0.2) is 6.54 Å². The highest BCUT2D eigenvalue weighted by molar-refractivity contribution is 5.30. The molecular formula is C20H35N. The number of unbranched alkanes of at least 4 members (excludes halogenated alkanes) is 6. The van der Waals surface area contributed by atoms with Crippen LogP contribution in [0.3, 0.4) is 0 Å². The first kappa shape index (κ1) is 18.2. The molecule has 0 spiro atoms. The van der Waals surface area contributed by atoms with Crippen LogP contribution in [0.25, 0.3) is 0 Å². The van der Waals surface area contributed by atoms with Gasteiger partial charge in [-0.3, -0.25) is 0 Å². The molecule has 0 saturated carbocycles. The van der Waals surface area contributed by atoms with Gasteiger partial charge in [-0.05, 0) is 30.5 Å². The minimum atomic E-state index is 0.543. The van der Waals surface area contributed by atoms with E-state index in [-0.39, 0.29) is 0 Å². The molecule has 0 aliphatic rings. The molecule has 21 heavy (non-hydrogen) atoms. The van der Waals surface area contributed by atoms with Crippen molar-refractivity contribution in [1.82, 2.24) is 5.32 Å². The van der Waals surface area contributed by atoms with Crippen molar-refractivity contribution in [3.63, 3.8) is 0 Å². The Hall–Kier alpha value is -0.820. The zero-order valence-corrected chi connectivity index (χ0v) is 14.5. The van der Waals surface area contributed by atoms with Crippen molar-refractivity contribution in [3.8, 4) is 0 Å². The van der Waals surface area contributed by atoms with Crippen molar-refractivity contribution in [2.24, 2.45) is 0 Å². The molecule has 1 atom stereocenters. The lowest BCUT2D eigenvalue weighted by molar-refractivity contribution is 0.473. The van der Waals surface area contributed by atoms with Gasteiger partial charge in [0.1, 0.15) is 0 Å². The van der Waals surface area contributed by atoms with E-state index >= 15 is 0 Å². The lowest BCUT2D eigenvalue weighted by atomic mass is 9.94. The third-order valence-corrected chi connectivity index (χ3v) is 4.36. The molecule has 1 unspecified atom stereocenters. The summed E-state index contributed by atoms with van der Waals surface area (Å²) in [5.74, 6) is 0. The molecule has 1 N–H and O–H groups in total. The van der Waals surface area contributed by atoms with Gasteiger partial charge in [0.25, 0.3) is 0 Å². The van der Waals surface area contributed by atoms with Crippen molar-refractivity contribution >= 4 is 0 Å². The summed E-state index contributed by atoms with van der Waals surface area (Å²) in [6, 6.07) is 9.49. The van der Waals surface area contributed by atoms with Crippen LogP contribution in [0.1, 0.15) is 89.3 Å². The fourth-order valence-electron chi connectivity index (χ4n) is 3.12. The van der Waals surface area contributed by atoms with Gasteiger partial charge in [-0.2, -0.15) is 0 Å². The molecule has 0 amide bonds. The van der Waals surface area contributed by atoms with Gasteiger partial charge in [-0.25, -0.2) is 0 Å². The predicted molar refractivity (Wildman–Crippen MR) is 94.8 cm³/mol. The third-order valence-electron chi connectivity index (χ3n) is 4.36. The monoisotopic (exact) mass is 289 g/mol. The lowest BCUT2D eigenvalue weighted by Crippen LogP contribution is -2.22. The SMILES string of the molecule is CCCCCCCCCC(NCC)c1ccccc1CC. The second-order valence-electron chi connectivity index (χ2n) is 6.07. The van der Waals surface area contributed by atoms with Gasteiger partial charge in [0, 0.05) is 6.04 Å². The number of hydrogen-bond donors (Lipinski definition) is 1. The van der Waals surface area contributed by atoms with Crippen molar-refractivity contribution in [2.75, 3.05) is 6.54 Å². The number of rotatable bonds is 12. The topological polar surface area (TPSA) is 12.0 Å². The van der Waals surface area contributed by atoms with Gasteiger partial charge in [0.2, 0.25) is 0 Å². The average molecular weight is 290 g/mol. The maximum absolute atomic E-state index is 3.68. The summed E-state index contributed by atoms with van der Waals surface area (Å²) >= 11 is 0. The molecule has 0 aromatic heterocycles. The van der Waals surface area contributed by atoms with E-state index in [4.69, 9.17) is 0 Å². The van der Waals surface area contributed by atoms with Crippen LogP contribution in [0.5, 0.6) is 0 Å². The van der Waals surface area contributed by atoms with Crippen LogP contribution in [0.4, 0.5) is 0 Å². The van der Waals surface area contributed by atoms with Gasteiger partial charge in [0.05, 0.1) is 0 Å². The normalized spacial score (nSPS) is 12.5. The van der Waals surface area contributed by atoms with Crippen molar-refractivity contribution in [1.29, 1.82) is 0 Å². The van der Waals surface area contributed by atoms with Gasteiger partial charge in [0.15, 0.2) is 0 Å². The molecule has 1 aromatic carbocycles. The van der Waals surface area contributed by atoms with E-state index in [0.29, 0.717) is 6.04 Å². The zero-order chi connectivity index (χ0) is 15.3. The Morgan fingerprint density at radius 2 is 1.52 bits per heavy atom. The minimum absolute atomic E-state index is 0.543. The van der Waals surface area contributed by atoms with Crippen LogP contribution in [0, 0.1) is 0 Å². The summed E-state index contributed by atoms with van der Waals surface area (Å²) in [6.45, 7) is 7.81. The summed E-state index contributed by atoms with van der Waals surface area (Å²) in [4.78, 5) is 0. The number of nitrogens with one attached hydrogen (secondary N) is 1. The number of hydrogen-bond acceptors (Lipinski definition) is 1. The highest BCUT2D eigenvalue weighted by atomic mass is 14.9. The Morgan fingerprint density at radius 1 is 0.857 bits per heavy atom. The smallest absolute Gasteiger partial charge is 0.0322 e. The van der Waals surface area contributed by atoms with E-state index in [1.165, 1.54) is 62.5 Å². The van der Waals surface area contributed by atoms with Crippen LogP contribution in [-0.2, 0) is 6.42 Å². The van der Waals surface area contributed by atoms with E-state index in [9.17, 15) is 0 Å². The summed E-state index contributed by atoms with van der Waals surface area (Å²) in [7, 11) is 0. The summed E-state index contributed by atoms with van der Waals surface area (Å²) in [5.41, 5.74) is 3.03. The Kier molecular flexibility index (Phi) is 10.2. The second kappa shape index (κ2) is 11.8. The first-order valence-corrected chi connectivity index (χ1v) is 9.14. The van der Waals surface area contributed by atoms with Gasteiger partial charge >= 0.3 is 0 Å². The Bertz CT molecular complexity index is 359. The Labute approximate surface area is 132 Å². The van der Waals surface area contributed by atoms with Crippen LogP contribution < -0.4 is 5.32 Å². The summed E-state index contributed by atoms with van der Waals surface area (Å²) in [5, 5.41) is 3.68. The molecule has 0 saturated heterocycles. The molecule has 0 aliphatic carbocycles. The largest absolute Gasteiger partial charge is 0.310 e. The first-order chi connectivity index (χ1) is 10.3. The van der Waals surface area contributed by atoms with E-state index in [0.717, 1.165) is 13.0 Å². The maximum Gasteiger partial charge on any atom is 0.0322 e.